The summed E-state index contributed by atoms with van der Waals surface area (Å²) in [6.45, 7) is 7.30. The molecule has 1 N–H and O–H groups in total. The van der Waals surface area contributed by atoms with Crippen molar-refractivity contribution in [2.75, 3.05) is 13.6 Å². The van der Waals surface area contributed by atoms with Crippen molar-refractivity contribution in [2.24, 2.45) is 23.7 Å². The molecule has 0 spiro atoms. The van der Waals surface area contributed by atoms with E-state index in [4.69, 9.17) is 4.74 Å². The van der Waals surface area contributed by atoms with Gasteiger partial charge in [0, 0.05) is 32.9 Å². The van der Waals surface area contributed by atoms with Crippen molar-refractivity contribution in [3.05, 3.63) is 11.6 Å². The Bertz CT molecular complexity index is 663. The third-order valence-electron chi connectivity index (χ3n) is 6.67. The van der Waals surface area contributed by atoms with Crippen LogP contribution in [-0.2, 0) is 14.3 Å². The standard InChI is InChI=1S/C21H32F3NO4/c1-12-8-17-16(13(2)11-25(5)19(27)10-21(22,23)24)7-6-14(3)20(17,28)9-18(12)29-15(4)26/h8,13-14,16-18,28H,6-7,9-11H2,1-5H3/t13?,14-,16+,17-,18-,20-/m1/s1. The fourth-order valence-electron chi connectivity index (χ4n) is 4.97. The summed E-state index contributed by atoms with van der Waals surface area (Å²) in [5, 5.41) is 11.5. The quantitative estimate of drug-likeness (QED) is 0.545. The molecule has 0 heterocycles. The zero-order valence-electron chi connectivity index (χ0n) is 17.8. The molecule has 2 aliphatic rings. The maximum Gasteiger partial charge on any atom is 0.397 e. The number of hydrogen-bond acceptors (Lipinski definition) is 4. The summed E-state index contributed by atoms with van der Waals surface area (Å²) in [5.74, 6) is -1.61. The predicted molar refractivity (Wildman–Crippen MR) is 102 cm³/mol. The van der Waals surface area contributed by atoms with Crippen molar-refractivity contribution < 1.29 is 32.6 Å². The van der Waals surface area contributed by atoms with Crippen molar-refractivity contribution in [1.82, 2.24) is 4.90 Å². The van der Waals surface area contributed by atoms with Crippen LogP contribution < -0.4 is 0 Å². The van der Waals surface area contributed by atoms with E-state index in [1.54, 1.807) is 0 Å². The van der Waals surface area contributed by atoms with E-state index in [0.717, 1.165) is 23.3 Å². The summed E-state index contributed by atoms with van der Waals surface area (Å²) in [6.07, 6.45) is -2.60. The van der Waals surface area contributed by atoms with Crippen LogP contribution in [0.4, 0.5) is 13.2 Å². The van der Waals surface area contributed by atoms with E-state index >= 15 is 0 Å². The molecule has 0 aromatic rings. The maximum atomic E-state index is 12.5. The Morgan fingerprint density at radius 1 is 1.38 bits per heavy atom. The second kappa shape index (κ2) is 8.66. The number of carbonyl (C=O) groups excluding carboxylic acids is 2. The summed E-state index contributed by atoms with van der Waals surface area (Å²) < 4.78 is 42.9. The Hall–Kier alpha value is -1.57. The molecule has 6 atom stereocenters. The van der Waals surface area contributed by atoms with Gasteiger partial charge in [0.05, 0.1) is 5.60 Å². The average Bonchev–Trinajstić information content (AvgIpc) is 2.55. The molecule has 5 nitrogen and oxygen atoms in total. The summed E-state index contributed by atoms with van der Waals surface area (Å²) in [4.78, 5) is 24.4. The summed E-state index contributed by atoms with van der Waals surface area (Å²) in [5.41, 5.74) is -0.173. The number of amides is 1. The zero-order chi connectivity index (χ0) is 22.1. The molecule has 0 aliphatic heterocycles. The lowest BCUT2D eigenvalue weighted by Crippen LogP contribution is -2.56. The number of alkyl halides is 3. The summed E-state index contributed by atoms with van der Waals surface area (Å²) >= 11 is 0. The highest BCUT2D eigenvalue weighted by Gasteiger charge is 2.52. The number of esters is 1. The molecule has 29 heavy (non-hydrogen) atoms. The Labute approximate surface area is 170 Å². The molecule has 1 amide bonds. The van der Waals surface area contributed by atoms with Gasteiger partial charge in [-0.3, -0.25) is 9.59 Å². The van der Waals surface area contributed by atoms with Crippen LogP contribution >= 0.6 is 0 Å². The highest BCUT2D eigenvalue weighted by Crippen LogP contribution is 2.51. The highest BCUT2D eigenvalue weighted by atomic mass is 19.4. The normalized spacial score (nSPS) is 33.3. The lowest BCUT2D eigenvalue weighted by Gasteiger charge is -2.53. The van der Waals surface area contributed by atoms with Gasteiger partial charge in [0.25, 0.3) is 0 Å². The first-order valence-corrected chi connectivity index (χ1v) is 10.1. The first kappa shape index (κ1) is 23.7. The minimum atomic E-state index is -4.52. The van der Waals surface area contributed by atoms with Gasteiger partial charge in [-0.2, -0.15) is 13.2 Å². The van der Waals surface area contributed by atoms with Gasteiger partial charge in [0.2, 0.25) is 5.91 Å². The van der Waals surface area contributed by atoms with Crippen LogP contribution in [0, 0.1) is 23.7 Å². The molecule has 0 radical (unpaired) electrons. The molecular weight excluding hydrogens is 387 g/mol. The van der Waals surface area contributed by atoms with E-state index in [-0.39, 0.29) is 30.2 Å². The number of nitrogens with zero attached hydrogens (tertiary/aromatic N) is 1. The molecule has 2 aliphatic carbocycles. The smallest absolute Gasteiger partial charge is 0.397 e. The Kier molecular flexibility index (Phi) is 7.08. The van der Waals surface area contributed by atoms with E-state index in [1.807, 2.05) is 26.8 Å². The first-order chi connectivity index (χ1) is 13.2. The molecule has 1 saturated carbocycles. The van der Waals surface area contributed by atoms with Gasteiger partial charge in [0.15, 0.2) is 0 Å². The number of aliphatic hydroxyl groups is 1. The van der Waals surface area contributed by atoms with Gasteiger partial charge in [-0.05, 0) is 43.1 Å². The van der Waals surface area contributed by atoms with Crippen LogP contribution in [0.5, 0.6) is 0 Å². The van der Waals surface area contributed by atoms with Crippen LogP contribution in [0.15, 0.2) is 11.6 Å². The molecule has 0 saturated heterocycles. The summed E-state index contributed by atoms with van der Waals surface area (Å²) in [7, 11) is 1.39. The zero-order valence-corrected chi connectivity index (χ0v) is 17.8. The number of rotatable bonds is 5. The molecular formula is C21H32F3NO4. The van der Waals surface area contributed by atoms with Crippen LogP contribution in [-0.4, -0.2) is 53.4 Å². The Morgan fingerprint density at radius 2 is 2.00 bits per heavy atom. The van der Waals surface area contributed by atoms with Crippen molar-refractivity contribution in [2.45, 2.75) is 71.3 Å². The van der Waals surface area contributed by atoms with E-state index < -0.39 is 36.2 Å². The minimum Gasteiger partial charge on any atom is -0.458 e. The van der Waals surface area contributed by atoms with E-state index in [1.165, 1.54) is 14.0 Å². The fourth-order valence-corrected chi connectivity index (χ4v) is 4.97. The van der Waals surface area contributed by atoms with Gasteiger partial charge in [-0.1, -0.05) is 19.9 Å². The molecule has 1 fully saturated rings. The van der Waals surface area contributed by atoms with Crippen LogP contribution in [0.3, 0.4) is 0 Å². The third kappa shape index (κ3) is 5.53. The van der Waals surface area contributed by atoms with Gasteiger partial charge in [-0.15, -0.1) is 0 Å². The number of halogens is 3. The molecule has 0 bridgehead atoms. The minimum absolute atomic E-state index is 0.00273. The van der Waals surface area contributed by atoms with Gasteiger partial charge in [0.1, 0.15) is 12.5 Å². The van der Waals surface area contributed by atoms with Crippen molar-refractivity contribution in [1.29, 1.82) is 0 Å². The topological polar surface area (TPSA) is 66.8 Å². The lowest BCUT2D eigenvalue weighted by molar-refractivity contribution is -0.162. The second-order valence-corrected chi connectivity index (χ2v) is 8.92. The molecule has 0 aromatic carbocycles. The second-order valence-electron chi connectivity index (χ2n) is 8.92. The maximum absolute atomic E-state index is 12.5. The number of hydrogen-bond donors (Lipinski definition) is 1. The van der Waals surface area contributed by atoms with E-state index in [0.29, 0.717) is 6.42 Å². The fraction of sp³-hybridized carbons (Fsp3) is 0.810. The molecule has 8 heteroatoms. The van der Waals surface area contributed by atoms with Gasteiger partial charge < -0.3 is 14.7 Å². The number of carbonyl (C=O) groups is 2. The highest BCUT2D eigenvalue weighted by molar-refractivity contribution is 5.76. The van der Waals surface area contributed by atoms with Gasteiger partial charge >= 0.3 is 12.1 Å². The van der Waals surface area contributed by atoms with Crippen molar-refractivity contribution in [3.8, 4) is 0 Å². The first-order valence-electron chi connectivity index (χ1n) is 10.1. The van der Waals surface area contributed by atoms with E-state index in [9.17, 15) is 27.9 Å². The number of ether oxygens (including phenoxy) is 1. The Balaban J connectivity index is 2.18. The molecule has 1 unspecified atom stereocenters. The monoisotopic (exact) mass is 419 g/mol. The van der Waals surface area contributed by atoms with Crippen molar-refractivity contribution in [3.63, 3.8) is 0 Å². The SMILES string of the molecule is CC(=O)O[C@@H]1C[C@@]2(O)[C@H](C)CC[C@@H](C(C)CN(C)C(=O)CC(F)(F)F)[C@H]2C=C1C. The van der Waals surface area contributed by atoms with Gasteiger partial charge in [-0.25, -0.2) is 0 Å². The Morgan fingerprint density at radius 3 is 2.55 bits per heavy atom. The largest absolute Gasteiger partial charge is 0.458 e. The van der Waals surface area contributed by atoms with Crippen LogP contribution in [0.1, 0.15) is 53.4 Å². The van der Waals surface area contributed by atoms with Crippen LogP contribution in [0.2, 0.25) is 0 Å². The third-order valence-corrected chi connectivity index (χ3v) is 6.67. The summed E-state index contributed by atoms with van der Waals surface area (Å²) in [6, 6.07) is 0. The van der Waals surface area contributed by atoms with E-state index in [2.05, 4.69) is 0 Å². The molecule has 166 valence electrons. The lowest BCUT2D eigenvalue weighted by atomic mass is 9.57. The average molecular weight is 419 g/mol. The molecule has 0 aromatic heterocycles. The number of fused-ring (bicyclic) bond motifs is 1. The van der Waals surface area contributed by atoms with Crippen LogP contribution in [0.25, 0.3) is 0 Å². The predicted octanol–water partition coefficient (Wildman–Crippen LogP) is 3.71. The molecule has 2 rings (SSSR count). The van der Waals surface area contributed by atoms with Crippen molar-refractivity contribution >= 4 is 11.9 Å².